The van der Waals surface area contributed by atoms with E-state index >= 15 is 4.39 Å². The average Bonchev–Trinajstić information content (AvgIpc) is 3.27. The van der Waals surface area contributed by atoms with Gasteiger partial charge in [-0.15, -0.1) is 0 Å². The lowest BCUT2D eigenvalue weighted by atomic mass is 9.90. The number of nitrogens with zero attached hydrogens (tertiary/aromatic N) is 2. The molecule has 1 aromatic rings. The third-order valence-electron chi connectivity index (χ3n) is 5.61. The van der Waals surface area contributed by atoms with Crippen LogP contribution in [-0.4, -0.2) is 26.2 Å². The van der Waals surface area contributed by atoms with Crippen LogP contribution in [0, 0.1) is 12.7 Å². The zero-order valence-electron chi connectivity index (χ0n) is 14.9. The molecule has 1 aliphatic carbocycles. The first kappa shape index (κ1) is 15.6. The third kappa shape index (κ3) is 2.15. The van der Waals surface area contributed by atoms with Crippen molar-refractivity contribution in [2.45, 2.75) is 45.6 Å². The van der Waals surface area contributed by atoms with Crippen molar-refractivity contribution in [3.63, 3.8) is 0 Å². The molecule has 2 aliphatic heterocycles. The molecule has 2 fully saturated rings. The maximum atomic E-state index is 15.7. The van der Waals surface area contributed by atoms with E-state index in [-0.39, 0.29) is 5.82 Å². The van der Waals surface area contributed by atoms with Crippen LogP contribution in [0.4, 0.5) is 21.5 Å². The fourth-order valence-corrected chi connectivity index (χ4v) is 4.17. The number of fused-ring (bicyclic) bond motifs is 1. The molecule has 4 heteroatoms. The van der Waals surface area contributed by atoms with Gasteiger partial charge in [-0.1, -0.05) is 6.58 Å². The van der Waals surface area contributed by atoms with Gasteiger partial charge in [-0.2, -0.15) is 0 Å². The number of hydrogen-bond acceptors (Lipinski definition) is 3. The highest BCUT2D eigenvalue weighted by atomic mass is 19.1. The summed E-state index contributed by atoms with van der Waals surface area (Å²) in [6.07, 6.45) is 6.65. The highest BCUT2D eigenvalue weighted by molar-refractivity contribution is 5.98. The summed E-state index contributed by atoms with van der Waals surface area (Å²) in [5, 5.41) is 3.34. The van der Waals surface area contributed by atoms with Crippen LogP contribution in [0.5, 0.6) is 0 Å². The van der Waals surface area contributed by atoms with Crippen LogP contribution in [0.15, 0.2) is 18.4 Å². The molecule has 0 spiro atoms. The Bertz CT molecular complexity index is 740. The van der Waals surface area contributed by atoms with Gasteiger partial charge in [0.15, 0.2) is 5.82 Å². The van der Waals surface area contributed by atoms with Crippen molar-refractivity contribution in [3.8, 4) is 0 Å². The minimum absolute atomic E-state index is 0.0693. The molecule has 1 saturated heterocycles. The number of halogens is 1. The smallest absolute Gasteiger partial charge is 0.171 e. The quantitative estimate of drug-likeness (QED) is 0.870. The van der Waals surface area contributed by atoms with Crippen molar-refractivity contribution in [3.05, 3.63) is 35.3 Å². The lowest BCUT2D eigenvalue weighted by Crippen LogP contribution is -2.28. The van der Waals surface area contributed by atoms with Crippen molar-refractivity contribution >= 4 is 22.6 Å². The van der Waals surface area contributed by atoms with Crippen LogP contribution in [0.1, 0.15) is 43.7 Å². The highest BCUT2D eigenvalue weighted by Crippen LogP contribution is 2.50. The first-order chi connectivity index (χ1) is 11.5. The first-order valence-electron chi connectivity index (χ1n) is 8.99. The monoisotopic (exact) mass is 327 g/mol. The third-order valence-corrected chi connectivity index (χ3v) is 5.61. The minimum atomic E-state index is -0.0693. The van der Waals surface area contributed by atoms with Gasteiger partial charge in [0.1, 0.15) is 0 Å². The number of hydrogen-bond donors (Lipinski definition) is 1. The van der Waals surface area contributed by atoms with Gasteiger partial charge in [-0.05, 0) is 56.2 Å². The van der Waals surface area contributed by atoms with Crippen molar-refractivity contribution in [2.24, 2.45) is 0 Å². The summed E-state index contributed by atoms with van der Waals surface area (Å²) in [7, 11) is 1.93. The summed E-state index contributed by atoms with van der Waals surface area (Å²) >= 11 is 0. The number of nitrogens with one attached hydrogen (secondary N) is 1. The Morgan fingerprint density at radius 1 is 1.17 bits per heavy atom. The van der Waals surface area contributed by atoms with E-state index in [0.717, 1.165) is 78.1 Å². The van der Waals surface area contributed by atoms with Crippen LogP contribution in [0.25, 0.3) is 5.57 Å². The van der Waals surface area contributed by atoms with Gasteiger partial charge in [0.25, 0.3) is 0 Å². The van der Waals surface area contributed by atoms with Crippen molar-refractivity contribution < 1.29 is 4.39 Å². The van der Waals surface area contributed by atoms with Crippen molar-refractivity contribution in [1.82, 2.24) is 0 Å². The van der Waals surface area contributed by atoms with Gasteiger partial charge in [0.05, 0.1) is 11.4 Å². The largest absolute Gasteiger partial charge is 0.387 e. The molecular formula is C20H26FN3. The Balaban J connectivity index is 1.99. The summed E-state index contributed by atoms with van der Waals surface area (Å²) < 4.78 is 15.7. The van der Waals surface area contributed by atoms with Gasteiger partial charge in [0, 0.05) is 43.6 Å². The Morgan fingerprint density at radius 2 is 1.83 bits per heavy atom. The summed E-state index contributed by atoms with van der Waals surface area (Å²) in [6.45, 7) is 10.2. The van der Waals surface area contributed by atoms with Crippen LogP contribution >= 0.6 is 0 Å². The topological polar surface area (TPSA) is 18.5 Å². The van der Waals surface area contributed by atoms with Gasteiger partial charge in [0.2, 0.25) is 0 Å². The summed E-state index contributed by atoms with van der Waals surface area (Å²) in [4.78, 5) is 4.37. The van der Waals surface area contributed by atoms with Crippen LogP contribution in [0.2, 0.25) is 0 Å². The molecule has 0 aromatic heterocycles. The summed E-state index contributed by atoms with van der Waals surface area (Å²) in [6, 6.07) is 0.431. The molecule has 1 aromatic carbocycles. The second-order valence-corrected chi connectivity index (χ2v) is 7.26. The number of rotatable bonds is 3. The van der Waals surface area contributed by atoms with Crippen LogP contribution in [0.3, 0.4) is 0 Å². The molecule has 2 heterocycles. The average molecular weight is 327 g/mol. The van der Waals surface area contributed by atoms with Gasteiger partial charge in [-0.3, -0.25) is 0 Å². The Kier molecular flexibility index (Phi) is 3.59. The molecule has 0 amide bonds. The number of benzene rings is 1. The molecule has 1 saturated carbocycles. The molecule has 0 unspecified atom stereocenters. The molecule has 0 bridgehead atoms. The van der Waals surface area contributed by atoms with E-state index in [4.69, 9.17) is 0 Å². The first-order valence-corrected chi connectivity index (χ1v) is 8.99. The Morgan fingerprint density at radius 3 is 2.42 bits per heavy atom. The predicted molar refractivity (Wildman–Crippen MR) is 100 cm³/mol. The normalized spacial score (nSPS) is 20.3. The SMILES string of the molecule is C=C1C(C)=CN(C2CC2)c2c(F)c(N3CCCC3)c(C)c(NC)c21. The lowest BCUT2D eigenvalue weighted by Gasteiger charge is -2.35. The van der Waals surface area contributed by atoms with E-state index in [0.29, 0.717) is 6.04 Å². The Labute approximate surface area is 143 Å². The minimum Gasteiger partial charge on any atom is -0.387 e. The fourth-order valence-electron chi connectivity index (χ4n) is 4.17. The van der Waals surface area contributed by atoms with E-state index in [1.807, 2.05) is 14.0 Å². The molecule has 3 aliphatic rings. The summed E-state index contributed by atoms with van der Waals surface area (Å²) in [5.74, 6) is -0.0693. The predicted octanol–water partition coefficient (Wildman–Crippen LogP) is 4.68. The van der Waals surface area contributed by atoms with Crippen LogP contribution in [-0.2, 0) is 0 Å². The van der Waals surface area contributed by atoms with Crippen molar-refractivity contribution in [1.29, 1.82) is 0 Å². The summed E-state index contributed by atoms with van der Waals surface area (Å²) in [5.41, 5.74) is 6.53. The molecular weight excluding hydrogens is 301 g/mol. The van der Waals surface area contributed by atoms with Gasteiger partial charge >= 0.3 is 0 Å². The van der Waals surface area contributed by atoms with E-state index in [9.17, 15) is 0 Å². The maximum absolute atomic E-state index is 15.7. The molecule has 128 valence electrons. The van der Waals surface area contributed by atoms with E-state index in [2.05, 4.69) is 34.8 Å². The van der Waals surface area contributed by atoms with Gasteiger partial charge < -0.3 is 15.1 Å². The fraction of sp³-hybridized carbons (Fsp3) is 0.500. The van der Waals surface area contributed by atoms with E-state index in [1.54, 1.807) is 0 Å². The van der Waals surface area contributed by atoms with E-state index < -0.39 is 0 Å². The molecule has 24 heavy (non-hydrogen) atoms. The molecule has 1 N–H and O–H groups in total. The molecule has 0 radical (unpaired) electrons. The maximum Gasteiger partial charge on any atom is 0.171 e. The molecule has 4 rings (SSSR count). The van der Waals surface area contributed by atoms with Crippen LogP contribution < -0.4 is 15.1 Å². The molecule has 3 nitrogen and oxygen atoms in total. The van der Waals surface area contributed by atoms with Gasteiger partial charge in [-0.25, -0.2) is 4.39 Å². The molecule has 0 atom stereocenters. The number of anilines is 3. The zero-order chi connectivity index (χ0) is 17.0. The number of allylic oxidation sites excluding steroid dienone is 2. The zero-order valence-corrected chi connectivity index (χ0v) is 14.9. The van der Waals surface area contributed by atoms with E-state index in [1.165, 1.54) is 0 Å². The standard InChI is InChI=1S/C20H26FN3/c1-12-11-24(15-7-8-15)20-16(13(12)2)18(22-4)14(3)19(17(20)21)23-9-5-6-10-23/h11,15,22H,2,5-10H2,1,3-4H3. The van der Waals surface area contributed by atoms with Crippen molar-refractivity contribution in [2.75, 3.05) is 35.3 Å². The highest BCUT2D eigenvalue weighted by Gasteiger charge is 2.38. The second-order valence-electron chi connectivity index (χ2n) is 7.26. The second kappa shape index (κ2) is 5.54. The Hall–Kier alpha value is -1.97. The lowest BCUT2D eigenvalue weighted by molar-refractivity contribution is 0.617.